The summed E-state index contributed by atoms with van der Waals surface area (Å²) in [6.45, 7) is 0.690. The molecular weight excluding hydrogens is 214 g/mol. The van der Waals surface area contributed by atoms with Gasteiger partial charge in [-0.25, -0.2) is 0 Å². The van der Waals surface area contributed by atoms with Gasteiger partial charge in [0.15, 0.2) is 0 Å². The smallest absolute Gasteiger partial charge is 0.0950 e. The summed E-state index contributed by atoms with van der Waals surface area (Å²) >= 11 is 0. The van der Waals surface area contributed by atoms with Crippen molar-refractivity contribution in [1.29, 1.82) is 0 Å². The summed E-state index contributed by atoms with van der Waals surface area (Å²) in [6.07, 6.45) is 3.47. The lowest BCUT2D eigenvalue weighted by atomic mass is 10.2. The van der Waals surface area contributed by atoms with Gasteiger partial charge in [0, 0.05) is 11.6 Å². The van der Waals surface area contributed by atoms with Gasteiger partial charge < -0.3 is 5.32 Å². The van der Waals surface area contributed by atoms with Crippen molar-refractivity contribution in [3.8, 4) is 0 Å². The SMILES string of the molecule is c1ccc2c(NCc3ccn[nH]3)cnnc2c1. The van der Waals surface area contributed by atoms with Crippen molar-refractivity contribution in [2.24, 2.45) is 0 Å². The molecule has 0 atom stereocenters. The highest BCUT2D eigenvalue weighted by molar-refractivity contribution is 5.90. The Morgan fingerprint density at radius 1 is 1.18 bits per heavy atom. The van der Waals surface area contributed by atoms with Crippen LogP contribution in [-0.2, 0) is 6.54 Å². The van der Waals surface area contributed by atoms with Gasteiger partial charge in [0.05, 0.1) is 29.6 Å². The molecule has 0 aliphatic rings. The Labute approximate surface area is 97.9 Å². The molecule has 5 heteroatoms. The fourth-order valence-corrected chi connectivity index (χ4v) is 1.72. The largest absolute Gasteiger partial charge is 0.378 e. The zero-order valence-corrected chi connectivity index (χ0v) is 9.09. The molecule has 2 heterocycles. The third kappa shape index (κ3) is 1.94. The first kappa shape index (κ1) is 9.77. The predicted octanol–water partition coefficient (Wildman–Crippen LogP) is 1.96. The first-order chi connectivity index (χ1) is 8.43. The number of hydrogen-bond acceptors (Lipinski definition) is 4. The summed E-state index contributed by atoms with van der Waals surface area (Å²) in [5, 5.41) is 19.2. The number of rotatable bonds is 3. The van der Waals surface area contributed by atoms with E-state index in [2.05, 4.69) is 25.7 Å². The van der Waals surface area contributed by atoms with E-state index in [0.29, 0.717) is 6.54 Å². The molecule has 84 valence electrons. The van der Waals surface area contributed by atoms with Crippen LogP contribution >= 0.6 is 0 Å². The minimum atomic E-state index is 0.690. The monoisotopic (exact) mass is 225 g/mol. The Morgan fingerprint density at radius 2 is 2.12 bits per heavy atom. The standard InChI is InChI=1S/C12H11N5/c1-2-4-11-10(3-1)12(8-15-17-11)13-7-9-5-6-14-16-9/h1-6,8H,7H2,(H,13,17)(H,14,16). The van der Waals surface area contributed by atoms with E-state index in [0.717, 1.165) is 22.3 Å². The lowest BCUT2D eigenvalue weighted by Gasteiger charge is -2.06. The summed E-state index contributed by atoms with van der Waals surface area (Å²) < 4.78 is 0. The highest BCUT2D eigenvalue weighted by atomic mass is 15.1. The third-order valence-electron chi connectivity index (χ3n) is 2.57. The highest BCUT2D eigenvalue weighted by Crippen LogP contribution is 2.19. The quantitative estimate of drug-likeness (QED) is 0.715. The summed E-state index contributed by atoms with van der Waals surface area (Å²) in [5.41, 5.74) is 2.90. The van der Waals surface area contributed by atoms with Crippen LogP contribution in [0.3, 0.4) is 0 Å². The molecule has 17 heavy (non-hydrogen) atoms. The van der Waals surface area contributed by atoms with Crippen LogP contribution < -0.4 is 5.32 Å². The van der Waals surface area contributed by atoms with Crippen LogP contribution in [-0.4, -0.2) is 20.4 Å². The van der Waals surface area contributed by atoms with Crippen LogP contribution in [0.25, 0.3) is 10.9 Å². The van der Waals surface area contributed by atoms with Crippen LogP contribution in [0.2, 0.25) is 0 Å². The van der Waals surface area contributed by atoms with E-state index in [1.165, 1.54) is 0 Å². The van der Waals surface area contributed by atoms with Gasteiger partial charge in [-0.2, -0.15) is 15.3 Å². The summed E-state index contributed by atoms with van der Waals surface area (Å²) in [6, 6.07) is 9.86. The van der Waals surface area contributed by atoms with Crippen LogP contribution in [0, 0.1) is 0 Å². The summed E-state index contributed by atoms with van der Waals surface area (Å²) in [5.74, 6) is 0. The molecule has 0 radical (unpaired) electrons. The lowest BCUT2D eigenvalue weighted by molar-refractivity contribution is 0.977. The molecule has 2 aromatic heterocycles. The van der Waals surface area contributed by atoms with Gasteiger partial charge in [0.1, 0.15) is 0 Å². The Morgan fingerprint density at radius 3 is 3.00 bits per heavy atom. The summed E-state index contributed by atoms with van der Waals surface area (Å²) in [7, 11) is 0. The molecule has 3 rings (SSSR count). The van der Waals surface area contributed by atoms with Gasteiger partial charge in [-0.05, 0) is 12.1 Å². The fourth-order valence-electron chi connectivity index (χ4n) is 1.72. The van der Waals surface area contributed by atoms with Gasteiger partial charge >= 0.3 is 0 Å². The van der Waals surface area contributed by atoms with Crippen molar-refractivity contribution in [1.82, 2.24) is 20.4 Å². The average Bonchev–Trinajstić information content (AvgIpc) is 2.89. The predicted molar refractivity (Wildman–Crippen MR) is 65.5 cm³/mol. The lowest BCUT2D eigenvalue weighted by Crippen LogP contribution is -2.01. The molecule has 0 unspecified atom stereocenters. The molecule has 0 amide bonds. The Hall–Kier alpha value is -2.43. The number of aromatic nitrogens is 4. The van der Waals surface area contributed by atoms with Crippen LogP contribution in [0.4, 0.5) is 5.69 Å². The van der Waals surface area contributed by atoms with Gasteiger partial charge in [-0.15, -0.1) is 0 Å². The maximum atomic E-state index is 4.08. The summed E-state index contributed by atoms with van der Waals surface area (Å²) in [4.78, 5) is 0. The number of nitrogens with one attached hydrogen (secondary N) is 2. The number of benzene rings is 1. The van der Waals surface area contributed by atoms with E-state index in [4.69, 9.17) is 0 Å². The molecule has 0 saturated heterocycles. The zero-order chi connectivity index (χ0) is 11.5. The van der Waals surface area contributed by atoms with Crippen molar-refractivity contribution >= 4 is 16.6 Å². The van der Waals surface area contributed by atoms with Crippen molar-refractivity contribution < 1.29 is 0 Å². The maximum absolute atomic E-state index is 4.08. The minimum absolute atomic E-state index is 0.690. The van der Waals surface area contributed by atoms with E-state index in [1.807, 2.05) is 30.3 Å². The zero-order valence-electron chi connectivity index (χ0n) is 9.09. The Bertz CT molecular complexity index is 612. The molecule has 0 saturated carbocycles. The fraction of sp³-hybridized carbons (Fsp3) is 0.0833. The van der Waals surface area contributed by atoms with Gasteiger partial charge in [-0.1, -0.05) is 18.2 Å². The minimum Gasteiger partial charge on any atom is -0.378 e. The number of nitrogens with zero attached hydrogens (tertiary/aromatic N) is 3. The van der Waals surface area contributed by atoms with E-state index in [1.54, 1.807) is 12.4 Å². The van der Waals surface area contributed by atoms with Gasteiger partial charge in [0.2, 0.25) is 0 Å². The molecule has 2 N–H and O–H groups in total. The highest BCUT2D eigenvalue weighted by Gasteiger charge is 2.01. The number of aromatic amines is 1. The average molecular weight is 225 g/mol. The maximum Gasteiger partial charge on any atom is 0.0950 e. The second-order valence-corrected chi connectivity index (χ2v) is 3.71. The van der Waals surface area contributed by atoms with E-state index in [9.17, 15) is 0 Å². The van der Waals surface area contributed by atoms with E-state index >= 15 is 0 Å². The van der Waals surface area contributed by atoms with Gasteiger partial charge in [-0.3, -0.25) is 5.10 Å². The second-order valence-electron chi connectivity index (χ2n) is 3.71. The Kier molecular flexibility index (Phi) is 2.42. The van der Waals surface area contributed by atoms with Crippen LogP contribution in [0.1, 0.15) is 5.69 Å². The van der Waals surface area contributed by atoms with Gasteiger partial charge in [0.25, 0.3) is 0 Å². The molecule has 0 aliphatic carbocycles. The molecular formula is C12H11N5. The van der Waals surface area contributed by atoms with Crippen LogP contribution in [0.15, 0.2) is 42.7 Å². The van der Waals surface area contributed by atoms with Crippen molar-refractivity contribution in [2.75, 3.05) is 5.32 Å². The molecule has 0 bridgehead atoms. The first-order valence-electron chi connectivity index (χ1n) is 5.36. The number of hydrogen-bond donors (Lipinski definition) is 2. The van der Waals surface area contributed by atoms with E-state index < -0.39 is 0 Å². The topological polar surface area (TPSA) is 66.5 Å². The molecule has 0 spiro atoms. The molecule has 0 fully saturated rings. The normalized spacial score (nSPS) is 10.6. The molecule has 0 aliphatic heterocycles. The first-order valence-corrected chi connectivity index (χ1v) is 5.36. The van der Waals surface area contributed by atoms with Crippen LogP contribution in [0.5, 0.6) is 0 Å². The number of fused-ring (bicyclic) bond motifs is 1. The molecule has 1 aromatic carbocycles. The number of H-pyrrole nitrogens is 1. The molecule has 3 aromatic rings. The van der Waals surface area contributed by atoms with Crippen molar-refractivity contribution in [3.63, 3.8) is 0 Å². The Balaban J connectivity index is 1.90. The van der Waals surface area contributed by atoms with Crippen molar-refractivity contribution in [3.05, 3.63) is 48.4 Å². The third-order valence-corrected chi connectivity index (χ3v) is 2.57. The number of anilines is 1. The van der Waals surface area contributed by atoms with E-state index in [-0.39, 0.29) is 0 Å². The molecule has 5 nitrogen and oxygen atoms in total. The van der Waals surface area contributed by atoms with Crippen molar-refractivity contribution in [2.45, 2.75) is 6.54 Å². The second kappa shape index (κ2) is 4.21.